The fraction of sp³-hybridized carbons (Fsp3) is 0.600. The molecule has 18 heavy (non-hydrogen) atoms. The highest BCUT2D eigenvalue weighted by atomic mass is 79.9. The average molecular weight is 350 g/mol. The van der Waals surface area contributed by atoms with E-state index in [1.807, 2.05) is 18.2 Å². The van der Waals surface area contributed by atoms with Crippen molar-refractivity contribution in [1.82, 2.24) is 0 Å². The smallest absolute Gasteiger partial charge is 0.0450 e. The van der Waals surface area contributed by atoms with E-state index in [9.17, 15) is 0 Å². The Kier molecular flexibility index (Phi) is 4.67. The van der Waals surface area contributed by atoms with Gasteiger partial charge < -0.3 is 0 Å². The maximum atomic E-state index is 6.31. The molecule has 100 valence electrons. The van der Waals surface area contributed by atoms with Gasteiger partial charge in [-0.2, -0.15) is 0 Å². The lowest BCUT2D eigenvalue weighted by Gasteiger charge is -2.41. The molecule has 0 N–H and O–H groups in total. The van der Waals surface area contributed by atoms with Gasteiger partial charge in [-0.05, 0) is 47.9 Å². The quantitative estimate of drug-likeness (QED) is 0.524. The van der Waals surface area contributed by atoms with Crippen molar-refractivity contribution in [3.05, 3.63) is 33.8 Å². The van der Waals surface area contributed by atoms with Crippen LogP contribution in [0.25, 0.3) is 0 Å². The van der Waals surface area contributed by atoms with Crippen LogP contribution in [-0.4, -0.2) is 0 Å². The highest BCUT2D eigenvalue weighted by Gasteiger charge is 2.37. The Labute approximate surface area is 128 Å². The largest absolute Gasteiger partial charge is 0.0843 e. The summed E-state index contributed by atoms with van der Waals surface area (Å²) in [6, 6.07) is 5.73. The van der Waals surface area contributed by atoms with E-state index in [1.165, 1.54) is 25.7 Å². The molecule has 1 aromatic carbocycles. The lowest BCUT2D eigenvalue weighted by atomic mass is 9.67. The van der Waals surface area contributed by atoms with Crippen molar-refractivity contribution in [1.29, 1.82) is 0 Å². The van der Waals surface area contributed by atoms with Crippen LogP contribution >= 0.6 is 39.1 Å². The number of alkyl halides is 1. The van der Waals surface area contributed by atoms with Crippen molar-refractivity contribution in [3.63, 3.8) is 0 Å². The second-order valence-electron chi connectivity index (χ2n) is 5.91. The lowest BCUT2D eigenvalue weighted by molar-refractivity contribution is 0.136. The Morgan fingerprint density at radius 1 is 1.28 bits per heavy atom. The summed E-state index contributed by atoms with van der Waals surface area (Å²) in [6.07, 6.45) is 5.20. The number of hydrogen-bond acceptors (Lipinski definition) is 0. The van der Waals surface area contributed by atoms with Gasteiger partial charge >= 0.3 is 0 Å². The zero-order chi connectivity index (χ0) is 13.3. The molecule has 0 aromatic heterocycles. The van der Waals surface area contributed by atoms with Gasteiger partial charge in [0.15, 0.2) is 0 Å². The molecule has 0 saturated heterocycles. The third-order valence-electron chi connectivity index (χ3n) is 4.20. The molecule has 1 fully saturated rings. The number of rotatable bonds is 2. The van der Waals surface area contributed by atoms with E-state index < -0.39 is 0 Å². The maximum Gasteiger partial charge on any atom is 0.0450 e. The van der Waals surface area contributed by atoms with E-state index >= 15 is 0 Å². The van der Waals surface area contributed by atoms with Gasteiger partial charge in [-0.3, -0.25) is 0 Å². The van der Waals surface area contributed by atoms with Crippen LogP contribution in [0, 0.1) is 11.3 Å². The number of hydrogen-bond donors (Lipinski definition) is 0. The Morgan fingerprint density at radius 2 is 2.00 bits per heavy atom. The minimum atomic E-state index is 0.291. The Balaban J connectivity index is 2.29. The Bertz CT molecular complexity index is 429. The van der Waals surface area contributed by atoms with Crippen LogP contribution < -0.4 is 0 Å². The fourth-order valence-electron chi connectivity index (χ4n) is 3.01. The lowest BCUT2D eigenvalue weighted by Crippen LogP contribution is -2.30. The molecule has 2 rings (SSSR count). The van der Waals surface area contributed by atoms with E-state index in [0.29, 0.717) is 16.2 Å². The van der Waals surface area contributed by atoms with Crippen molar-refractivity contribution in [2.75, 3.05) is 0 Å². The zero-order valence-corrected chi connectivity index (χ0v) is 13.9. The van der Waals surface area contributed by atoms with Gasteiger partial charge in [0.05, 0.1) is 0 Å². The van der Waals surface area contributed by atoms with Crippen molar-refractivity contribution in [3.8, 4) is 0 Å². The first kappa shape index (κ1) is 14.7. The van der Waals surface area contributed by atoms with Crippen LogP contribution in [0.15, 0.2) is 18.2 Å². The first-order valence-corrected chi connectivity index (χ1v) is 8.18. The SMILES string of the molecule is CC1(C)CCCCC1C(Br)c1cc(Cl)ccc1Cl. The van der Waals surface area contributed by atoms with E-state index in [-0.39, 0.29) is 0 Å². The summed E-state index contributed by atoms with van der Waals surface area (Å²) in [5, 5.41) is 1.56. The molecule has 0 nitrogen and oxygen atoms in total. The van der Waals surface area contributed by atoms with Crippen molar-refractivity contribution in [2.45, 2.75) is 44.4 Å². The fourth-order valence-corrected chi connectivity index (χ4v) is 4.91. The minimum absolute atomic E-state index is 0.291. The second kappa shape index (κ2) is 5.73. The van der Waals surface area contributed by atoms with Gasteiger partial charge in [0.2, 0.25) is 0 Å². The predicted molar refractivity (Wildman–Crippen MR) is 83.9 cm³/mol. The van der Waals surface area contributed by atoms with Crippen LogP contribution in [0.4, 0.5) is 0 Å². The van der Waals surface area contributed by atoms with E-state index in [2.05, 4.69) is 29.8 Å². The third kappa shape index (κ3) is 3.05. The Hall–Kier alpha value is 0.280. The van der Waals surface area contributed by atoms with Gasteiger partial charge in [-0.15, -0.1) is 0 Å². The highest BCUT2D eigenvalue weighted by Crippen LogP contribution is 2.51. The predicted octanol–water partition coefficient (Wildman–Crippen LogP) is 6.65. The first-order chi connectivity index (χ1) is 8.42. The van der Waals surface area contributed by atoms with Gasteiger partial charge in [0.1, 0.15) is 0 Å². The summed E-state index contributed by atoms with van der Waals surface area (Å²) in [5.74, 6) is 0.613. The molecule has 1 aliphatic carbocycles. The summed E-state index contributed by atoms with van der Waals surface area (Å²) >= 11 is 16.3. The van der Waals surface area contributed by atoms with Crippen molar-refractivity contribution >= 4 is 39.1 Å². The molecule has 0 spiro atoms. The van der Waals surface area contributed by atoms with Crippen LogP contribution in [0.2, 0.25) is 10.0 Å². The van der Waals surface area contributed by atoms with Crippen LogP contribution in [-0.2, 0) is 0 Å². The molecule has 0 heterocycles. The Morgan fingerprint density at radius 3 is 2.67 bits per heavy atom. The molecular formula is C15H19BrCl2. The molecule has 3 heteroatoms. The molecule has 1 aromatic rings. The van der Waals surface area contributed by atoms with Crippen molar-refractivity contribution < 1.29 is 0 Å². The summed E-state index contributed by atoms with van der Waals surface area (Å²) in [5.41, 5.74) is 1.49. The van der Waals surface area contributed by atoms with Gasteiger partial charge in [0, 0.05) is 14.9 Å². The first-order valence-electron chi connectivity index (χ1n) is 6.51. The van der Waals surface area contributed by atoms with E-state index in [4.69, 9.17) is 23.2 Å². The maximum absolute atomic E-state index is 6.31. The summed E-state index contributed by atoms with van der Waals surface area (Å²) < 4.78 is 0. The normalized spacial score (nSPS) is 24.8. The molecule has 0 radical (unpaired) electrons. The third-order valence-corrected chi connectivity index (χ3v) is 5.91. The number of halogens is 3. The topological polar surface area (TPSA) is 0 Å². The van der Waals surface area contributed by atoms with E-state index in [1.54, 1.807) is 0 Å². The molecule has 0 bridgehead atoms. The monoisotopic (exact) mass is 348 g/mol. The van der Waals surface area contributed by atoms with Crippen LogP contribution in [0.3, 0.4) is 0 Å². The number of benzene rings is 1. The summed E-state index contributed by atoms with van der Waals surface area (Å²) in [6.45, 7) is 4.73. The highest BCUT2D eigenvalue weighted by molar-refractivity contribution is 9.09. The standard InChI is InChI=1S/C15H19BrCl2/c1-15(2)8-4-3-5-12(15)14(16)11-9-10(17)6-7-13(11)18/h6-7,9,12,14H,3-5,8H2,1-2H3. The molecule has 0 amide bonds. The van der Waals surface area contributed by atoms with Crippen molar-refractivity contribution in [2.24, 2.45) is 11.3 Å². The molecule has 2 atom stereocenters. The average Bonchev–Trinajstić information content (AvgIpc) is 2.31. The molecular weight excluding hydrogens is 331 g/mol. The zero-order valence-electron chi connectivity index (χ0n) is 10.8. The van der Waals surface area contributed by atoms with Crippen LogP contribution in [0.5, 0.6) is 0 Å². The second-order valence-corrected chi connectivity index (χ2v) is 7.74. The van der Waals surface area contributed by atoms with E-state index in [0.717, 1.165) is 15.6 Å². The summed E-state index contributed by atoms with van der Waals surface area (Å²) in [7, 11) is 0. The minimum Gasteiger partial charge on any atom is -0.0843 e. The molecule has 0 aliphatic heterocycles. The van der Waals surface area contributed by atoms with Gasteiger partial charge in [-0.1, -0.05) is 65.8 Å². The van der Waals surface area contributed by atoms with Gasteiger partial charge in [-0.25, -0.2) is 0 Å². The molecule has 2 unspecified atom stereocenters. The molecule has 1 saturated carbocycles. The molecule has 1 aliphatic rings. The summed E-state index contributed by atoms with van der Waals surface area (Å²) in [4.78, 5) is 0.291. The van der Waals surface area contributed by atoms with Gasteiger partial charge in [0.25, 0.3) is 0 Å². The van der Waals surface area contributed by atoms with Crippen LogP contribution in [0.1, 0.15) is 49.9 Å².